The van der Waals surface area contributed by atoms with Crippen LogP contribution in [0.3, 0.4) is 0 Å². The van der Waals surface area contributed by atoms with Gasteiger partial charge in [0.2, 0.25) is 0 Å². The molecule has 0 heterocycles. The molecule has 0 aliphatic heterocycles. The molecule has 0 atom stereocenters. The van der Waals surface area contributed by atoms with Crippen molar-refractivity contribution in [1.29, 1.82) is 0 Å². The molecule has 0 amide bonds. The number of hydrogen-bond acceptors (Lipinski definition) is 1. The lowest BCUT2D eigenvalue weighted by atomic mass is 10.2. The molecule has 0 saturated carbocycles. The summed E-state index contributed by atoms with van der Waals surface area (Å²) in [6, 6.07) is 5.05. The zero-order valence-electron chi connectivity index (χ0n) is 6.21. The van der Waals surface area contributed by atoms with Crippen molar-refractivity contribution in [2.75, 3.05) is 0 Å². The van der Waals surface area contributed by atoms with Crippen molar-refractivity contribution in [3.8, 4) is 5.75 Å². The summed E-state index contributed by atoms with van der Waals surface area (Å²) in [5.41, 5.74) is 0.789. The highest BCUT2D eigenvalue weighted by Crippen LogP contribution is 2.22. The minimum atomic E-state index is 0.218. The minimum absolute atomic E-state index is 0.218. The molecule has 2 heteroatoms. The molecule has 0 saturated heterocycles. The number of benzene rings is 1. The zero-order chi connectivity index (χ0) is 8.27. The van der Waals surface area contributed by atoms with Gasteiger partial charge in [0.15, 0.2) is 0 Å². The summed E-state index contributed by atoms with van der Waals surface area (Å²) in [6.07, 6.45) is 3.69. The molecule has 1 aromatic carbocycles. The molecule has 1 aromatic rings. The highest BCUT2D eigenvalue weighted by atomic mass is 35.5. The minimum Gasteiger partial charge on any atom is -0.507 e. The van der Waals surface area contributed by atoms with E-state index in [0.29, 0.717) is 5.02 Å². The quantitative estimate of drug-likeness (QED) is 0.684. The van der Waals surface area contributed by atoms with Crippen molar-refractivity contribution in [2.24, 2.45) is 0 Å². The van der Waals surface area contributed by atoms with Crippen LogP contribution in [-0.2, 0) is 0 Å². The van der Waals surface area contributed by atoms with Gasteiger partial charge in [-0.25, -0.2) is 0 Å². The number of phenols is 1. The lowest BCUT2D eigenvalue weighted by Crippen LogP contribution is -1.73. The molecule has 1 N–H and O–H groups in total. The maximum atomic E-state index is 9.29. The second-order valence-electron chi connectivity index (χ2n) is 2.20. The lowest BCUT2D eigenvalue weighted by Gasteiger charge is -1.97. The number of phenolic OH excluding ortho intramolecular Hbond substituents is 1. The average molecular weight is 169 g/mol. The first kappa shape index (κ1) is 8.15. The maximum Gasteiger partial charge on any atom is 0.124 e. The molecular formula is C9H9ClO. The molecule has 11 heavy (non-hydrogen) atoms. The van der Waals surface area contributed by atoms with E-state index in [1.807, 2.05) is 19.1 Å². The molecule has 1 nitrogen and oxygen atoms in total. The van der Waals surface area contributed by atoms with Crippen LogP contribution in [0.25, 0.3) is 6.08 Å². The van der Waals surface area contributed by atoms with Crippen LogP contribution in [0.2, 0.25) is 5.02 Å². The van der Waals surface area contributed by atoms with E-state index in [2.05, 4.69) is 0 Å². The van der Waals surface area contributed by atoms with E-state index < -0.39 is 0 Å². The normalized spacial score (nSPS) is 10.7. The molecule has 0 bridgehead atoms. The Balaban J connectivity index is 3.09. The smallest absolute Gasteiger partial charge is 0.124 e. The monoisotopic (exact) mass is 168 g/mol. The summed E-state index contributed by atoms with van der Waals surface area (Å²) in [6.45, 7) is 1.90. The summed E-state index contributed by atoms with van der Waals surface area (Å²) in [5.74, 6) is 0.218. The molecule has 0 aliphatic rings. The van der Waals surface area contributed by atoms with Crippen LogP contribution >= 0.6 is 11.6 Å². The van der Waals surface area contributed by atoms with Crippen LogP contribution in [-0.4, -0.2) is 5.11 Å². The van der Waals surface area contributed by atoms with Crippen LogP contribution in [0.5, 0.6) is 5.75 Å². The third-order valence-electron chi connectivity index (χ3n) is 1.34. The van der Waals surface area contributed by atoms with Gasteiger partial charge in [0.1, 0.15) is 5.75 Å². The standard InChI is InChI=1S/C9H9ClO/c1-2-3-7-4-5-8(10)6-9(7)11/h2-6,11H,1H3. The van der Waals surface area contributed by atoms with Gasteiger partial charge < -0.3 is 5.11 Å². The third-order valence-corrected chi connectivity index (χ3v) is 1.57. The number of allylic oxidation sites excluding steroid dienone is 1. The molecule has 0 spiro atoms. The number of aromatic hydroxyl groups is 1. The van der Waals surface area contributed by atoms with Gasteiger partial charge in [-0.05, 0) is 25.1 Å². The van der Waals surface area contributed by atoms with Gasteiger partial charge in [0.05, 0.1) is 0 Å². The Morgan fingerprint density at radius 3 is 2.73 bits per heavy atom. The largest absolute Gasteiger partial charge is 0.507 e. The van der Waals surface area contributed by atoms with Gasteiger partial charge in [0.25, 0.3) is 0 Å². The lowest BCUT2D eigenvalue weighted by molar-refractivity contribution is 0.474. The van der Waals surface area contributed by atoms with E-state index in [1.54, 1.807) is 12.1 Å². The van der Waals surface area contributed by atoms with Crippen molar-refractivity contribution in [3.63, 3.8) is 0 Å². The Morgan fingerprint density at radius 2 is 2.18 bits per heavy atom. The molecule has 0 aliphatic carbocycles. The van der Waals surface area contributed by atoms with Gasteiger partial charge in [0, 0.05) is 10.6 Å². The summed E-state index contributed by atoms with van der Waals surface area (Å²) in [5, 5.41) is 9.84. The zero-order valence-corrected chi connectivity index (χ0v) is 6.97. The Hall–Kier alpha value is -0.950. The highest BCUT2D eigenvalue weighted by molar-refractivity contribution is 6.30. The van der Waals surface area contributed by atoms with Crippen LogP contribution in [0, 0.1) is 0 Å². The van der Waals surface area contributed by atoms with Gasteiger partial charge in [-0.1, -0.05) is 23.8 Å². The number of hydrogen-bond donors (Lipinski definition) is 1. The summed E-state index contributed by atoms with van der Waals surface area (Å²) < 4.78 is 0. The van der Waals surface area contributed by atoms with E-state index in [-0.39, 0.29) is 5.75 Å². The predicted octanol–water partition coefficient (Wildman–Crippen LogP) is 3.08. The van der Waals surface area contributed by atoms with Crippen LogP contribution in [0.1, 0.15) is 12.5 Å². The highest BCUT2D eigenvalue weighted by Gasteiger charge is 1.96. The topological polar surface area (TPSA) is 20.2 Å². The summed E-state index contributed by atoms with van der Waals surface area (Å²) in [4.78, 5) is 0. The second-order valence-corrected chi connectivity index (χ2v) is 2.64. The van der Waals surface area contributed by atoms with Gasteiger partial charge in [-0.3, -0.25) is 0 Å². The van der Waals surface area contributed by atoms with Crippen molar-refractivity contribution < 1.29 is 5.11 Å². The molecule has 0 fully saturated rings. The number of rotatable bonds is 1. The first-order valence-electron chi connectivity index (χ1n) is 3.35. The van der Waals surface area contributed by atoms with E-state index in [4.69, 9.17) is 11.6 Å². The van der Waals surface area contributed by atoms with Crippen LogP contribution in [0.15, 0.2) is 24.3 Å². The van der Waals surface area contributed by atoms with Crippen LogP contribution < -0.4 is 0 Å². The molecule has 0 aromatic heterocycles. The van der Waals surface area contributed by atoms with Crippen molar-refractivity contribution in [3.05, 3.63) is 34.9 Å². The molecule has 0 unspecified atom stereocenters. The van der Waals surface area contributed by atoms with Crippen molar-refractivity contribution in [2.45, 2.75) is 6.92 Å². The Labute approximate surface area is 70.9 Å². The average Bonchev–Trinajstić information content (AvgIpc) is 1.95. The fraction of sp³-hybridized carbons (Fsp3) is 0.111. The molecule has 1 rings (SSSR count). The molecule has 0 radical (unpaired) electrons. The van der Waals surface area contributed by atoms with Gasteiger partial charge in [-0.2, -0.15) is 0 Å². The van der Waals surface area contributed by atoms with Crippen molar-refractivity contribution in [1.82, 2.24) is 0 Å². The predicted molar refractivity (Wildman–Crippen MR) is 47.8 cm³/mol. The van der Waals surface area contributed by atoms with E-state index in [0.717, 1.165) is 5.56 Å². The molecular weight excluding hydrogens is 160 g/mol. The van der Waals surface area contributed by atoms with Crippen LogP contribution in [0.4, 0.5) is 0 Å². The van der Waals surface area contributed by atoms with Crippen molar-refractivity contribution >= 4 is 17.7 Å². The summed E-state index contributed by atoms with van der Waals surface area (Å²) >= 11 is 5.63. The van der Waals surface area contributed by atoms with E-state index in [1.165, 1.54) is 6.07 Å². The Kier molecular flexibility index (Phi) is 2.55. The van der Waals surface area contributed by atoms with E-state index in [9.17, 15) is 5.11 Å². The fourth-order valence-electron chi connectivity index (χ4n) is 0.837. The Morgan fingerprint density at radius 1 is 1.45 bits per heavy atom. The van der Waals surface area contributed by atoms with Gasteiger partial charge >= 0.3 is 0 Å². The second kappa shape index (κ2) is 3.44. The Bertz CT molecular complexity index is 279. The first-order chi connectivity index (χ1) is 5.24. The third kappa shape index (κ3) is 1.99. The molecule has 58 valence electrons. The first-order valence-corrected chi connectivity index (χ1v) is 3.73. The number of halogens is 1. The van der Waals surface area contributed by atoms with Gasteiger partial charge in [-0.15, -0.1) is 0 Å². The summed E-state index contributed by atoms with van der Waals surface area (Å²) in [7, 11) is 0. The maximum absolute atomic E-state index is 9.29. The fourth-order valence-corrected chi connectivity index (χ4v) is 1.00. The SMILES string of the molecule is CC=Cc1ccc(Cl)cc1O. The van der Waals surface area contributed by atoms with E-state index >= 15 is 0 Å².